The molecule has 6 nitrogen and oxygen atoms in total. The van der Waals surface area contributed by atoms with Crippen LogP contribution in [0.4, 0.5) is 0 Å². The van der Waals surface area contributed by atoms with E-state index in [2.05, 4.69) is 0 Å². The molecular weight excluding hydrogens is 384 g/mol. The van der Waals surface area contributed by atoms with Gasteiger partial charge >= 0.3 is 5.97 Å². The van der Waals surface area contributed by atoms with E-state index < -0.39 is 29.9 Å². The zero-order valence-electron chi connectivity index (χ0n) is 17.1. The van der Waals surface area contributed by atoms with Crippen molar-refractivity contribution in [3.05, 3.63) is 71.8 Å². The number of hydrogen-bond acceptors (Lipinski definition) is 6. The molecule has 0 amide bonds. The number of aliphatic hydroxyl groups is 1. The molecule has 1 heterocycles. The Labute approximate surface area is 176 Å². The maximum atomic E-state index is 12.5. The summed E-state index contributed by atoms with van der Waals surface area (Å²) >= 11 is 0. The third kappa shape index (κ3) is 4.42. The highest BCUT2D eigenvalue weighted by molar-refractivity contribution is 5.89. The van der Waals surface area contributed by atoms with Crippen LogP contribution >= 0.6 is 0 Å². The standard InChI is InChI=1S/C24H28O6/c1-17(27-16-18-8-4-2-5-9-18)21-22(25)20(12-13-24(21)28-14-15-29-24)30-23(26)19-10-6-3-7-11-19/h2-11,17,20-22,25H,12-16H2,1H3/t17-,20+,21-,22+/m0/s1. The van der Waals surface area contributed by atoms with Gasteiger partial charge in [0.05, 0.1) is 37.4 Å². The highest BCUT2D eigenvalue weighted by Gasteiger charge is 2.56. The molecule has 1 saturated heterocycles. The lowest BCUT2D eigenvalue weighted by molar-refractivity contribution is -0.277. The van der Waals surface area contributed by atoms with Gasteiger partial charge in [-0.15, -0.1) is 0 Å². The van der Waals surface area contributed by atoms with Crippen molar-refractivity contribution in [2.75, 3.05) is 13.2 Å². The van der Waals surface area contributed by atoms with Gasteiger partial charge in [-0.25, -0.2) is 4.79 Å². The highest BCUT2D eigenvalue weighted by atomic mass is 16.7. The number of rotatable bonds is 6. The van der Waals surface area contributed by atoms with Crippen molar-refractivity contribution in [2.45, 2.75) is 50.5 Å². The number of ether oxygens (including phenoxy) is 4. The van der Waals surface area contributed by atoms with E-state index in [1.54, 1.807) is 24.3 Å². The molecule has 0 aromatic heterocycles. The molecule has 0 unspecified atom stereocenters. The van der Waals surface area contributed by atoms with Crippen molar-refractivity contribution in [1.29, 1.82) is 0 Å². The van der Waals surface area contributed by atoms with Crippen molar-refractivity contribution < 1.29 is 28.8 Å². The second-order valence-corrected chi connectivity index (χ2v) is 7.88. The van der Waals surface area contributed by atoms with Crippen LogP contribution in [0.25, 0.3) is 0 Å². The maximum absolute atomic E-state index is 12.5. The Balaban J connectivity index is 1.48. The van der Waals surface area contributed by atoms with E-state index in [1.165, 1.54) is 0 Å². The summed E-state index contributed by atoms with van der Waals surface area (Å²) in [5, 5.41) is 11.2. The summed E-state index contributed by atoms with van der Waals surface area (Å²) in [7, 11) is 0. The van der Waals surface area contributed by atoms with Gasteiger partial charge in [0.1, 0.15) is 12.2 Å². The van der Waals surface area contributed by atoms with E-state index in [1.807, 2.05) is 43.3 Å². The van der Waals surface area contributed by atoms with Gasteiger partial charge in [0.25, 0.3) is 0 Å². The Kier molecular flexibility index (Phi) is 6.49. The van der Waals surface area contributed by atoms with E-state index in [4.69, 9.17) is 18.9 Å². The first-order valence-electron chi connectivity index (χ1n) is 10.5. The van der Waals surface area contributed by atoms with Crippen LogP contribution in [0.3, 0.4) is 0 Å². The molecule has 1 spiro atoms. The van der Waals surface area contributed by atoms with Crippen molar-refractivity contribution >= 4 is 5.97 Å². The SMILES string of the molecule is C[C@H](OCc1ccccc1)[C@H]1[C@H](O)[C@H](OC(=O)c2ccccc2)CCC12OCCO2. The molecule has 30 heavy (non-hydrogen) atoms. The first-order valence-corrected chi connectivity index (χ1v) is 10.5. The van der Waals surface area contributed by atoms with Gasteiger partial charge in [0.2, 0.25) is 0 Å². The van der Waals surface area contributed by atoms with Crippen molar-refractivity contribution in [3.63, 3.8) is 0 Å². The molecule has 2 aromatic carbocycles. The molecular formula is C24H28O6. The minimum absolute atomic E-state index is 0.364. The number of esters is 1. The molecule has 0 bridgehead atoms. The molecule has 1 aliphatic carbocycles. The molecule has 1 N–H and O–H groups in total. The Morgan fingerprint density at radius 2 is 1.73 bits per heavy atom. The Morgan fingerprint density at radius 3 is 2.40 bits per heavy atom. The first kappa shape index (κ1) is 21.0. The van der Waals surface area contributed by atoms with Gasteiger partial charge in [-0.1, -0.05) is 48.5 Å². The third-order valence-corrected chi connectivity index (χ3v) is 5.94. The van der Waals surface area contributed by atoms with Crippen molar-refractivity contribution in [1.82, 2.24) is 0 Å². The fourth-order valence-corrected chi connectivity index (χ4v) is 4.43. The topological polar surface area (TPSA) is 74.2 Å². The molecule has 0 radical (unpaired) electrons. The molecule has 4 atom stereocenters. The Hall–Kier alpha value is -2.25. The van der Waals surface area contributed by atoms with Crippen LogP contribution < -0.4 is 0 Å². The minimum atomic E-state index is -0.963. The summed E-state index contributed by atoms with van der Waals surface area (Å²) < 4.78 is 23.7. The fraction of sp³-hybridized carbons (Fsp3) is 0.458. The van der Waals surface area contributed by atoms with Gasteiger partial charge in [-0.2, -0.15) is 0 Å². The summed E-state index contributed by atoms with van der Waals surface area (Å²) in [6.07, 6.45) is -0.988. The van der Waals surface area contributed by atoms with E-state index in [9.17, 15) is 9.90 Å². The van der Waals surface area contributed by atoms with Crippen LogP contribution in [-0.2, 0) is 25.6 Å². The molecule has 2 aromatic rings. The van der Waals surface area contributed by atoms with Crippen molar-refractivity contribution in [2.24, 2.45) is 5.92 Å². The van der Waals surface area contributed by atoms with E-state index in [-0.39, 0.29) is 6.10 Å². The van der Waals surface area contributed by atoms with Crippen molar-refractivity contribution in [3.8, 4) is 0 Å². The molecule has 1 saturated carbocycles. The summed E-state index contributed by atoms with van der Waals surface area (Å²) in [4.78, 5) is 12.5. The molecule has 6 heteroatoms. The summed E-state index contributed by atoms with van der Waals surface area (Å²) in [5.41, 5.74) is 1.51. The van der Waals surface area contributed by atoms with Gasteiger partial charge in [-0.05, 0) is 31.0 Å². The lowest BCUT2D eigenvalue weighted by atomic mass is 9.76. The zero-order valence-corrected chi connectivity index (χ0v) is 17.1. The second kappa shape index (κ2) is 9.27. The van der Waals surface area contributed by atoms with Crippen LogP contribution in [-0.4, -0.2) is 48.4 Å². The zero-order chi connectivity index (χ0) is 21.0. The first-order chi connectivity index (χ1) is 14.6. The van der Waals surface area contributed by atoms with Crippen LogP contribution in [0.5, 0.6) is 0 Å². The van der Waals surface area contributed by atoms with E-state index >= 15 is 0 Å². The molecule has 4 rings (SSSR count). The maximum Gasteiger partial charge on any atom is 0.338 e. The summed E-state index contributed by atoms with van der Waals surface area (Å²) in [6.45, 7) is 3.27. The largest absolute Gasteiger partial charge is 0.456 e. The summed E-state index contributed by atoms with van der Waals surface area (Å²) in [5.74, 6) is -1.84. The highest BCUT2D eigenvalue weighted by Crippen LogP contribution is 2.44. The number of hydrogen-bond donors (Lipinski definition) is 1. The molecule has 2 fully saturated rings. The average Bonchev–Trinajstić information content (AvgIpc) is 3.24. The van der Waals surface area contributed by atoms with Gasteiger partial charge < -0.3 is 24.1 Å². The van der Waals surface area contributed by atoms with Crippen LogP contribution in [0, 0.1) is 5.92 Å². The number of carbonyl (C=O) groups is 1. The number of aliphatic hydroxyl groups excluding tert-OH is 1. The molecule has 2 aliphatic rings. The number of benzene rings is 2. The Bertz CT molecular complexity index is 818. The lowest BCUT2D eigenvalue weighted by Gasteiger charge is -2.47. The van der Waals surface area contributed by atoms with Crippen LogP contribution in [0.15, 0.2) is 60.7 Å². The van der Waals surface area contributed by atoms with Crippen LogP contribution in [0.2, 0.25) is 0 Å². The van der Waals surface area contributed by atoms with Gasteiger partial charge in [0, 0.05) is 6.42 Å². The normalized spacial score (nSPS) is 26.4. The fourth-order valence-electron chi connectivity index (χ4n) is 4.43. The molecule has 1 aliphatic heterocycles. The van der Waals surface area contributed by atoms with Gasteiger partial charge in [0.15, 0.2) is 5.79 Å². The smallest absolute Gasteiger partial charge is 0.338 e. The summed E-state index contributed by atoms with van der Waals surface area (Å²) in [6, 6.07) is 18.7. The van der Waals surface area contributed by atoms with E-state index in [0.717, 1.165) is 5.56 Å². The lowest BCUT2D eigenvalue weighted by Crippen LogP contribution is -2.59. The van der Waals surface area contributed by atoms with E-state index in [0.29, 0.717) is 38.2 Å². The molecule has 160 valence electrons. The van der Waals surface area contributed by atoms with Crippen LogP contribution in [0.1, 0.15) is 35.7 Å². The predicted octanol–water partition coefficient (Wildman–Crippen LogP) is 3.33. The predicted molar refractivity (Wildman–Crippen MR) is 110 cm³/mol. The minimum Gasteiger partial charge on any atom is -0.456 e. The third-order valence-electron chi connectivity index (χ3n) is 5.94. The quantitative estimate of drug-likeness (QED) is 0.734. The van der Waals surface area contributed by atoms with Gasteiger partial charge in [-0.3, -0.25) is 0 Å². The number of carbonyl (C=O) groups excluding carboxylic acids is 1. The Morgan fingerprint density at radius 1 is 1.10 bits per heavy atom. The average molecular weight is 412 g/mol. The monoisotopic (exact) mass is 412 g/mol. The second-order valence-electron chi connectivity index (χ2n) is 7.88.